The predicted octanol–water partition coefficient (Wildman–Crippen LogP) is 1.56. The summed E-state index contributed by atoms with van der Waals surface area (Å²) in [4.78, 5) is 45.6. The van der Waals surface area contributed by atoms with Crippen LogP contribution in [0, 0.1) is 11.8 Å². The zero-order valence-corrected chi connectivity index (χ0v) is 24.4. The third-order valence-electron chi connectivity index (χ3n) is 9.75. The summed E-state index contributed by atoms with van der Waals surface area (Å²) in [6.07, 6.45) is 2.39. The van der Waals surface area contributed by atoms with Crippen LogP contribution in [0.25, 0.3) is 0 Å². The number of ketones is 2. The molecule has 1 fully saturated rings. The van der Waals surface area contributed by atoms with Gasteiger partial charge in [-0.1, -0.05) is 0 Å². The van der Waals surface area contributed by atoms with Crippen molar-refractivity contribution in [2.45, 2.75) is 69.8 Å². The van der Waals surface area contributed by atoms with E-state index in [0.717, 1.165) is 18.5 Å². The molecule has 11 nitrogen and oxygen atoms in total. The van der Waals surface area contributed by atoms with Crippen LogP contribution in [0.3, 0.4) is 0 Å². The number of carbonyl (C=O) groups is 3. The minimum absolute atomic E-state index is 0.0477. The molecule has 1 amide bonds. The van der Waals surface area contributed by atoms with Crippen molar-refractivity contribution in [2.24, 2.45) is 17.6 Å². The summed E-state index contributed by atoms with van der Waals surface area (Å²) < 4.78 is 0. The van der Waals surface area contributed by atoms with E-state index in [9.17, 15) is 34.8 Å². The number of primary amides is 1. The summed E-state index contributed by atoms with van der Waals surface area (Å²) in [5.74, 6) is -6.42. The maximum Gasteiger partial charge on any atom is 0.255 e. The van der Waals surface area contributed by atoms with Gasteiger partial charge in [0.15, 0.2) is 11.4 Å². The molecule has 1 aromatic carbocycles. The Labute approximate surface area is 239 Å². The number of likely N-dealkylation sites (tertiary alicyclic amines) is 1. The third kappa shape index (κ3) is 4.08. The number of aliphatic hydroxyl groups is 3. The zero-order valence-electron chi connectivity index (χ0n) is 24.4. The summed E-state index contributed by atoms with van der Waals surface area (Å²) in [5.41, 5.74) is 3.82. The van der Waals surface area contributed by atoms with Crippen LogP contribution >= 0.6 is 0 Å². The summed E-state index contributed by atoms with van der Waals surface area (Å²) in [7, 11) is 6.94. The smallest absolute Gasteiger partial charge is 0.255 e. The van der Waals surface area contributed by atoms with Crippen molar-refractivity contribution in [3.8, 4) is 5.75 Å². The Morgan fingerprint density at radius 2 is 1.71 bits per heavy atom. The van der Waals surface area contributed by atoms with Crippen LogP contribution in [0.4, 0.5) is 5.69 Å². The quantitative estimate of drug-likeness (QED) is 0.329. The first kappa shape index (κ1) is 29.1. The number of nitrogens with zero attached hydrogens (tertiary/aromatic N) is 3. The Morgan fingerprint density at radius 1 is 1.10 bits per heavy atom. The molecule has 1 heterocycles. The van der Waals surface area contributed by atoms with Crippen LogP contribution in [-0.2, 0) is 22.6 Å². The van der Waals surface area contributed by atoms with Crippen molar-refractivity contribution in [2.75, 3.05) is 33.1 Å². The SMILES string of the molecule is CC1CCC(C)N1Cc1cc(N(C)C)c2c(c1O)C(=O)C1=C(O)[C@]3(O)C(=O)C(C(N)=O)=C(O)[C@@H](N(C)C)[C@@H]3C[C@@H]1C2. The van der Waals surface area contributed by atoms with Crippen molar-refractivity contribution in [1.82, 2.24) is 9.80 Å². The van der Waals surface area contributed by atoms with Crippen LogP contribution in [-0.4, -0.2) is 99.6 Å². The fourth-order valence-electron chi connectivity index (χ4n) is 7.63. The van der Waals surface area contributed by atoms with Gasteiger partial charge in [0, 0.05) is 55.5 Å². The number of Topliss-reactive ketones (excluding diaryl/α,β-unsaturated/α-hetero) is 2. The molecule has 0 radical (unpaired) electrons. The molecule has 0 bridgehead atoms. The molecule has 41 heavy (non-hydrogen) atoms. The van der Waals surface area contributed by atoms with E-state index < -0.39 is 58.0 Å². The number of nitrogens with two attached hydrogens (primary N) is 1. The molecule has 3 aliphatic carbocycles. The number of phenols is 1. The van der Waals surface area contributed by atoms with E-state index >= 15 is 0 Å². The Kier molecular flexibility index (Phi) is 6.99. The molecule has 4 aliphatic rings. The highest BCUT2D eigenvalue weighted by Gasteiger charge is 2.63. The fourth-order valence-corrected chi connectivity index (χ4v) is 7.63. The molecule has 11 heteroatoms. The van der Waals surface area contributed by atoms with Gasteiger partial charge in [-0.2, -0.15) is 0 Å². The lowest BCUT2D eigenvalue weighted by molar-refractivity contribution is -0.148. The number of hydrogen-bond acceptors (Lipinski definition) is 10. The number of aliphatic hydroxyl groups excluding tert-OH is 2. The van der Waals surface area contributed by atoms with Gasteiger partial charge in [-0.3, -0.25) is 24.2 Å². The topological polar surface area (TPSA) is 168 Å². The molecule has 0 aromatic heterocycles. The molecule has 222 valence electrons. The number of allylic oxidation sites excluding steroid dienone is 1. The van der Waals surface area contributed by atoms with E-state index in [1.165, 1.54) is 0 Å². The molecule has 0 spiro atoms. The number of anilines is 1. The molecular formula is C30H40N4O7. The number of hydrogen-bond donors (Lipinski definition) is 5. The van der Waals surface area contributed by atoms with Crippen LogP contribution in [0.2, 0.25) is 0 Å². The molecule has 0 saturated carbocycles. The number of aromatic hydroxyl groups is 1. The number of phenolic OH excluding ortho intramolecular Hbond substituents is 1. The number of rotatable bonds is 5. The van der Waals surface area contributed by atoms with E-state index in [-0.39, 0.29) is 29.7 Å². The lowest BCUT2D eigenvalue weighted by Crippen LogP contribution is -2.63. The second-order valence-corrected chi connectivity index (χ2v) is 12.6. The number of carbonyl (C=O) groups excluding carboxylic acids is 3. The lowest BCUT2D eigenvalue weighted by atomic mass is 9.58. The van der Waals surface area contributed by atoms with Crippen molar-refractivity contribution in [3.63, 3.8) is 0 Å². The maximum atomic E-state index is 14.2. The molecule has 6 atom stereocenters. The average molecular weight is 569 g/mol. The molecular weight excluding hydrogens is 528 g/mol. The summed E-state index contributed by atoms with van der Waals surface area (Å²) in [6, 6.07) is 1.51. The molecule has 6 N–H and O–H groups in total. The van der Waals surface area contributed by atoms with Gasteiger partial charge in [-0.05, 0) is 71.2 Å². The van der Waals surface area contributed by atoms with Crippen LogP contribution in [0.5, 0.6) is 5.75 Å². The van der Waals surface area contributed by atoms with E-state index in [4.69, 9.17) is 5.73 Å². The molecule has 2 unspecified atom stereocenters. The molecule has 1 saturated heterocycles. The fraction of sp³-hybridized carbons (Fsp3) is 0.567. The van der Waals surface area contributed by atoms with Gasteiger partial charge in [0.2, 0.25) is 5.78 Å². The Balaban J connectivity index is 1.69. The van der Waals surface area contributed by atoms with Crippen molar-refractivity contribution in [3.05, 3.63) is 45.4 Å². The van der Waals surface area contributed by atoms with Crippen molar-refractivity contribution >= 4 is 23.2 Å². The van der Waals surface area contributed by atoms with Crippen molar-refractivity contribution < 1.29 is 34.8 Å². The van der Waals surface area contributed by atoms with Crippen LogP contribution in [0.1, 0.15) is 54.6 Å². The van der Waals surface area contributed by atoms with Gasteiger partial charge in [-0.15, -0.1) is 0 Å². The predicted molar refractivity (Wildman–Crippen MR) is 152 cm³/mol. The standard InChI is InChI=1S/C30H40N4O7/c1-13-7-8-14(2)34(13)12-16-11-19(32(3)4)17-9-15-10-18-23(33(5)6)26(37)22(29(31)40)28(39)30(18,41)27(38)20(15)25(36)21(17)24(16)35/h11,13-15,18,23,35,37-38,41H,7-10,12H2,1-6H3,(H2,31,40)/t13?,14?,15-,18-,23-,30-/m0/s1. The Hall–Kier alpha value is -3.41. The summed E-state index contributed by atoms with van der Waals surface area (Å²) in [5, 5.41) is 45.8. The summed E-state index contributed by atoms with van der Waals surface area (Å²) in [6.45, 7) is 4.71. The van der Waals surface area contributed by atoms with Gasteiger partial charge in [0.05, 0.1) is 11.6 Å². The normalized spacial score (nSPS) is 31.9. The molecule has 5 rings (SSSR count). The Bertz CT molecular complexity index is 1400. The van der Waals surface area contributed by atoms with E-state index in [0.29, 0.717) is 29.8 Å². The Morgan fingerprint density at radius 3 is 2.24 bits per heavy atom. The molecule has 1 aliphatic heterocycles. The highest BCUT2D eigenvalue weighted by Crippen LogP contribution is 2.53. The number of benzene rings is 1. The van der Waals surface area contributed by atoms with Gasteiger partial charge < -0.3 is 31.1 Å². The number of amides is 1. The number of fused-ring (bicyclic) bond motifs is 3. The van der Waals surface area contributed by atoms with Crippen LogP contribution < -0.4 is 10.6 Å². The zero-order chi connectivity index (χ0) is 30.3. The summed E-state index contributed by atoms with van der Waals surface area (Å²) >= 11 is 0. The number of likely N-dealkylation sites (N-methyl/N-ethyl adjacent to an activating group) is 1. The monoisotopic (exact) mass is 568 g/mol. The second-order valence-electron chi connectivity index (χ2n) is 12.6. The highest BCUT2D eigenvalue weighted by atomic mass is 16.3. The first-order chi connectivity index (χ1) is 19.1. The second kappa shape index (κ2) is 9.85. The molecule has 1 aromatic rings. The van der Waals surface area contributed by atoms with Gasteiger partial charge in [0.1, 0.15) is 22.8 Å². The minimum atomic E-state index is -2.65. The lowest BCUT2D eigenvalue weighted by Gasteiger charge is -2.50. The maximum absolute atomic E-state index is 14.2. The van der Waals surface area contributed by atoms with E-state index in [2.05, 4.69) is 18.7 Å². The van der Waals surface area contributed by atoms with Gasteiger partial charge in [0.25, 0.3) is 5.91 Å². The minimum Gasteiger partial charge on any atom is -0.510 e. The highest BCUT2D eigenvalue weighted by molar-refractivity contribution is 6.25. The average Bonchev–Trinajstić information content (AvgIpc) is 3.19. The van der Waals surface area contributed by atoms with Gasteiger partial charge >= 0.3 is 0 Å². The van der Waals surface area contributed by atoms with E-state index in [1.807, 2.05) is 25.1 Å². The van der Waals surface area contributed by atoms with Crippen molar-refractivity contribution in [1.29, 1.82) is 0 Å². The van der Waals surface area contributed by atoms with Gasteiger partial charge in [-0.25, -0.2) is 0 Å². The third-order valence-corrected chi connectivity index (χ3v) is 9.75. The van der Waals surface area contributed by atoms with Crippen LogP contribution in [0.15, 0.2) is 28.7 Å². The first-order valence-electron chi connectivity index (χ1n) is 14.1. The first-order valence-corrected chi connectivity index (χ1v) is 14.1. The largest absolute Gasteiger partial charge is 0.510 e. The van der Waals surface area contributed by atoms with E-state index in [1.54, 1.807) is 19.0 Å².